The van der Waals surface area contributed by atoms with Crippen molar-refractivity contribution in [2.24, 2.45) is 5.73 Å². The van der Waals surface area contributed by atoms with Gasteiger partial charge in [0.15, 0.2) is 11.5 Å². The second-order valence-electron chi connectivity index (χ2n) is 3.75. The first-order valence-corrected chi connectivity index (χ1v) is 5.75. The standard InChI is InChI=1S/C13H19NO4.ClH/c1-4-18-13(15)10(14)7-9-5-6-11(16-2)12(8-9)17-3;/h5-6,8,10H,4,7,14H2,1-3H3;1H. The summed E-state index contributed by atoms with van der Waals surface area (Å²) in [7, 11) is 3.13. The van der Waals surface area contributed by atoms with Crippen molar-refractivity contribution in [2.45, 2.75) is 19.4 Å². The first-order valence-electron chi connectivity index (χ1n) is 5.75. The summed E-state index contributed by atoms with van der Waals surface area (Å²) in [5.74, 6) is 0.865. The third kappa shape index (κ3) is 4.96. The van der Waals surface area contributed by atoms with Gasteiger partial charge in [0.05, 0.1) is 20.8 Å². The number of rotatable bonds is 6. The lowest BCUT2D eigenvalue weighted by Crippen LogP contribution is -2.34. The van der Waals surface area contributed by atoms with Crippen LogP contribution in [-0.2, 0) is 16.0 Å². The fourth-order valence-corrected chi connectivity index (χ4v) is 1.59. The number of ether oxygens (including phenoxy) is 3. The van der Waals surface area contributed by atoms with E-state index in [9.17, 15) is 4.79 Å². The van der Waals surface area contributed by atoms with Crippen LogP contribution < -0.4 is 15.2 Å². The van der Waals surface area contributed by atoms with Gasteiger partial charge in [-0.2, -0.15) is 0 Å². The molecule has 1 rings (SSSR count). The van der Waals surface area contributed by atoms with Crippen molar-refractivity contribution in [3.8, 4) is 11.5 Å². The van der Waals surface area contributed by atoms with Gasteiger partial charge < -0.3 is 19.9 Å². The Hall–Kier alpha value is -1.46. The van der Waals surface area contributed by atoms with Gasteiger partial charge in [-0.3, -0.25) is 4.79 Å². The molecule has 0 amide bonds. The van der Waals surface area contributed by atoms with Gasteiger partial charge in [-0.05, 0) is 31.0 Å². The van der Waals surface area contributed by atoms with E-state index in [4.69, 9.17) is 19.9 Å². The highest BCUT2D eigenvalue weighted by Gasteiger charge is 2.16. The number of hydrogen-bond donors (Lipinski definition) is 1. The van der Waals surface area contributed by atoms with Crippen LogP contribution in [0.3, 0.4) is 0 Å². The number of carbonyl (C=O) groups is 1. The van der Waals surface area contributed by atoms with Gasteiger partial charge in [0.25, 0.3) is 0 Å². The highest BCUT2D eigenvalue weighted by molar-refractivity contribution is 5.85. The molecule has 2 N–H and O–H groups in total. The molecule has 108 valence electrons. The van der Waals surface area contributed by atoms with Gasteiger partial charge in [-0.1, -0.05) is 6.07 Å². The number of benzene rings is 1. The molecule has 0 aromatic heterocycles. The summed E-state index contributed by atoms with van der Waals surface area (Å²) in [6.07, 6.45) is 0.402. The highest BCUT2D eigenvalue weighted by atomic mass is 35.5. The maximum Gasteiger partial charge on any atom is 0.323 e. The van der Waals surface area contributed by atoms with Gasteiger partial charge in [-0.25, -0.2) is 0 Å². The van der Waals surface area contributed by atoms with Crippen LogP contribution in [0.5, 0.6) is 11.5 Å². The average Bonchev–Trinajstić information content (AvgIpc) is 2.38. The first kappa shape index (κ1) is 17.5. The molecule has 0 bridgehead atoms. The summed E-state index contributed by atoms with van der Waals surface area (Å²) >= 11 is 0. The van der Waals surface area contributed by atoms with E-state index in [1.165, 1.54) is 0 Å². The Morgan fingerprint density at radius 3 is 2.42 bits per heavy atom. The molecular formula is C13H20ClNO4. The molecule has 0 fully saturated rings. The summed E-state index contributed by atoms with van der Waals surface area (Å²) in [5, 5.41) is 0. The monoisotopic (exact) mass is 289 g/mol. The average molecular weight is 290 g/mol. The largest absolute Gasteiger partial charge is 0.493 e. The predicted molar refractivity (Wildman–Crippen MR) is 75.1 cm³/mol. The summed E-state index contributed by atoms with van der Waals surface area (Å²) in [6.45, 7) is 2.08. The molecule has 0 heterocycles. The molecule has 0 radical (unpaired) electrons. The number of halogens is 1. The summed E-state index contributed by atoms with van der Waals surface area (Å²) < 4.78 is 15.2. The Kier molecular flexibility index (Phi) is 7.95. The first-order chi connectivity index (χ1) is 8.62. The molecule has 5 nitrogen and oxygen atoms in total. The zero-order valence-electron chi connectivity index (χ0n) is 11.3. The van der Waals surface area contributed by atoms with Gasteiger partial charge in [0.1, 0.15) is 6.04 Å². The lowest BCUT2D eigenvalue weighted by atomic mass is 10.1. The second kappa shape index (κ2) is 8.61. The van der Waals surface area contributed by atoms with E-state index in [1.54, 1.807) is 33.3 Å². The maximum atomic E-state index is 11.4. The Bertz CT molecular complexity index is 412. The molecule has 0 spiro atoms. The van der Waals surface area contributed by atoms with Gasteiger partial charge in [0.2, 0.25) is 0 Å². The third-order valence-electron chi connectivity index (χ3n) is 2.49. The Labute approximate surface area is 119 Å². The molecule has 1 unspecified atom stereocenters. The van der Waals surface area contributed by atoms with E-state index in [1.807, 2.05) is 6.07 Å². The van der Waals surface area contributed by atoms with E-state index in [0.717, 1.165) is 5.56 Å². The van der Waals surface area contributed by atoms with Crippen LogP contribution in [-0.4, -0.2) is 32.8 Å². The number of carbonyl (C=O) groups excluding carboxylic acids is 1. The van der Waals surface area contributed by atoms with Crippen LogP contribution in [0.15, 0.2) is 18.2 Å². The summed E-state index contributed by atoms with van der Waals surface area (Å²) in [6, 6.07) is 4.77. The molecule has 0 aliphatic rings. The van der Waals surface area contributed by atoms with Crippen molar-refractivity contribution in [2.75, 3.05) is 20.8 Å². The van der Waals surface area contributed by atoms with Gasteiger partial charge in [0, 0.05) is 0 Å². The van der Waals surface area contributed by atoms with Crippen LogP contribution in [0.4, 0.5) is 0 Å². The van der Waals surface area contributed by atoms with E-state index >= 15 is 0 Å². The fraction of sp³-hybridized carbons (Fsp3) is 0.462. The maximum absolute atomic E-state index is 11.4. The lowest BCUT2D eigenvalue weighted by molar-refractivity contribution is -0.144. The van der Waals surface area contributed by atoms with Crippen LogP contribution in [0.25, 0.3) is 0 Å². The smallest absolute Gasteiger partial charge is 0.323 e. The molecule has 19 heavy (non-hydrogen) atoms. The van der Waals surface area contributed by atoms with Crippen LogP contribution >= 0.6 is 12.4 Å². The molecule has 0 saturated carbocycles. The molecular weight excluding hydrogens is 270 g/mol. The molecule has 0 aliphatic carbocycles. The number of hydrogen-bond acceptors (Lipinski definition) is 5. The van der Waals surface area contributed by atoms with Crippen molar-refractivity contribution < 1.29 is 19.0 Å². The fourth-order valence-electron chi connectivity index (χ4n) is 1.59. The van der Waals surface area contributed by atoms with E-state index in [2.05, 4.69) is 0 Å². The van der Waals surface area contributed by atoms with Gasteiger partial charge in [-0.15, -0.1) is 12.4 Å². The zero-order chi connectivity index (χ0) is 13.5. The van der Waals surface area contributed by atoms with Crippen LogP contribution in [0, 0.1) is 0 Å². The van der Waals surface area contributed by atoms with E-state index < -0.39 is 12.0 Å². The minimum Gasteiger partial charge on any atom is -0.493 e. The lowest BCUT2D eigenvalue weighted by Gasteiger charge is -2.13. The second-order valence-corrected chi connectivity index (χ2v) is 3.75. The summed E-state index contributed by atoms with van der Waals surface area (Å²) in [5.41, 5.74) is 6.65. The van der Waals surface area contributed by atoms with Crippen LogP contribution in [0.2, 0.25) is 0 Å². The zero-order valence-corrected chi connectivity index (χ0v) is 12.2. The molecule has 1 atom stereocenters. The topological polar surface area (TPSA) is 70.8 Å². The third-order valence-corrected chi connectivity index (χ3v) is 2.49. The minimum absolute atomic E-state index is 0. The Morgan fingerprint density at radius 2 is 1.89 bits per heavy atom. The summed E-state index contributed by atoms with van der Waals surface area (Å²) in [4.78, 5) is 11.4. The Morgan fingerprint density at radius 1 is 1.26 bits per heavy atom. The van der Waals surface area contributed by atoms with Crippen molar-refractivity contribution in [1.82, 2.24) is 0 Å². The van der Waals surface area contributed by atoms with Crippen molar-refractivity contribution in [1.29, 1.82) is 0 Å². The van der Waals surface area contributed by atoms with Gasteiger partial charge >= 0.3 is 5.97 Å². The number of methoxy groups -OCH3 is 2. The molecule has 1 aromatic carbocycles. The molecule has 1 aromatic rings. The van der Waals surface area contributed by atoms with Crippen molar-refractivity contribution in [3.05, 3.63) is 23.8 Å². The normalized spacial score (nSPS) is 11.2. The molecule has 0 saturated heterocycles. The Balaban J connectivity index is 0.00000324. The SMILES string of the molecule is CCOC(=O)C(N)Cc1ccc(OC)c(OC)c1.Cl. The van der Waals surface area contributed by atoms with Crippen molar-refractivity contribution >= 4 is 18.4 Å². The molecule has 6 heteroatoms. The molecule has 0 aliphatic heterocycles. The number of esters is 1. The van der Waals surface area contributed by atoms with E-state index in [-0.39, 0.29) is 12.4 Å². The minimum atomic E-state index is -0.664. The number of nitrogens with two attached hydrogens (primary N) is 1. The predicted octanol–water partition coefficient (Wildman–Crippen LogP) is 1.56. The van der Waals surface area contributed by atoms with E-state index in [0.29, 0.717) is 24.5 Å². The van der Waals surface area contributed by atoms with Crippen LogP contribution in [0.1, 0.15) is 12.5 Å². The highest BCUT2D eigenvalue weighted by Crippen LogP contribution is 2.27. The van der Waals surface area contributed by atoms with Crippen molar-refractivity contribution in [3.63, 3.8) is 0 Å². The quantitative estimate of drug-likeness (QED) is 0.805.